The normalized spacial score (nSPS) is 10.5. The molecule has 9 heteroatoms. The van der Waals surface area contributed by atoms with Gasteiger partial charge in [0.05, 0.1) is 20.8 Å². The number of ketones is 2. The molecular formula is C24H23ClN2O6. The number of aromatic nitrogens is 2. The van der Waals surface area contributed by atoms with E-state index in [9.17, 15) is 9.59 Å². The molecule has 0 saturated carbocycles. The Morgan fingerprint density at radius 3 is 2.33 bits per heavy atom. The summed E-state index contributed by atoms with van der Waals surface area (Å²) in [5, 5.41) is 9.24. The molecule has 2 heterocycles. The number of hydrogen-bond acceptors (Lipinski definition) is 8. The van der Waals surface area contributed by atoms with E-state index in [1.165, 1.54) is 14.2 Å². The summed E-state index contributed by atoms with van der Waals surface area (Å²) in [5.74, 6) is 0.793. The van der Waals surface area contributed by atoms with Gasteiger partial charge < -0.3 is 19.3 Å². The SMILES string of the molecule is COc1cc(C(=O)CCC(=O)c2ccc(OC)c(-c3ccc(Cl)nc3)n2)ccc1OCCO. The van der Waals surface area contributed by atoms with E-state index in [1.807, 2.05) is 0 Å². The zero-order chi connectivity index (χ0) is 23.8. The smallest absolute Gasteiger partial charge is 0.181 e. The van der Waals surface area contributed by atoms with E-state index in [1.54, 1.807) is 48.7 Å². The Hall–Kier alpha value is -3.49. The number of nitrogens with zero attached hydrogens (tertiary/aromatic N) is 2. The first-order valence-electron chi connectivity index (χ1n) is 10.1. The lowest BCUT2D eigenvalue weighted by atomic mass is 10.0. The summed E-state index contributed by atoms with van der Waals surface area (Å²) in [6.07, 6.45) is 1.54. The average molecular weight is 471 g/mol. The van der Waals surface area contributed by atoms with Gasteiger partial charge in [-0.3, -0.25) is 9.59 Å². The van der Waals surface area contributed by atoms with Gasteiger partial charge in [0.15, 0.2) is 23.1 Å². The highest BCUT2D eigenvalue weighted by atomic mass is 35.5. The molecule has 1 N–H and O–H groups in total. The Balaban J connectivity index is 1.72. The van der Waals surface area contributed by atoms with E-state index in [0.717, 1.165) is 0 Å². The fourth-order valence-electron chi connectivity index (χ4n) is 3.10. The van der Waals surface area contributed by atoms with Crippen molar-refractivity contribution in [2.24, 2.45) is 0 Å². The van der Waals surface area contributed by atoms with Gasteiger partial charge in [0.2, 0.25) is 0 Å². The lowest BCUT2D eigenvalue weighted by molar-refractivity contribution is 0.0914. The molecular weight excluding hydrogens is 448 g/mol. The first kappa shape index (κ1) is 24.2. The predicted molar refractivity (Wildman–Crippen MR) is 122 cm³/mol. The molecule has 8 nitrogen and oxygen atoms in total. The van der Waals surface area contributed by atoms with E-state index in [0.29, 0.717) is 39.2 Å². The maximum absolute atomic E-state index is 12.8. The van der Waals surface area contributed by atoms with Gasteiger partial charge in [0, 0.05) is 30.2 Å². The molecule has 33 heavy (non-hydrogen) atoms. The van der Waals surface area contributed by atoms with Crippen molar-refractivity contribution in [2.45, 2.75) is 12.8 Å². The second-order valence-corrected chi connectivity index (χ2v) is 7.29. The van der Waals surface area contributed by atoms with Gasteiger partial charge in [0.1, 0.15) is 28.9 Å². The van der Waals surface area contributed by atoms with E-state index >= 15 is 0 Å². The third-order valence-electron chi connectivity index (χ3n) is 4.78. The minimum absolute atomic E-state index is 0.00434. The number of pyridine rings is 2. The molecule has 0 unspecified atom stereocenters. The summed E-state index contributed by atoms with van der Waals surface area (Å²) in [4.78, 5) is 33.9. The van der Waals surface area contributed by atoms with Crippen LogP contribution in [0.2, 0.25) is 5.15 Å². The number of hydrogen-bond donors (Lipinski definition) is 1. The molecule has 3 aromatic rings. The molecule has 0 spiro atoms. The molecule has 0 radical (unpaired) electrons. The van der Waals surface area contributed by atoms with Crippen molar-refractivity contribution in [3.05, 3.63) is 65.1 Å². The number of Topliss-reactive ketones (excluding diaryl/α,β-unsaturated/α-hetero) is 2. The van der Waals surface area contributed by atoms with Gasteiger partial charge in [0.25, 0.3) is 0 Å². The van der Waals surface area contributed by atoms with Crippen molar-refractivity contribution in [1.29, 1.82) is 0 Å². The largest absolute Gasteiger partial charge is 0.494 e. The van der Waals surface area contributed by atoms with Crippen molar-refractivity contribution < 1.29 is 28.9 Å². The highest BCUT2D eigenvalue weighted by molar-refractivity contribution is 6.29. The molecule has 0 amide bonds. The van der Waals surface area contributed by atoms with Gasteiger partial charge in [-0.1, -0.05) is 11.6 Å². The predicted octanol–water partition coefficient (Wildman–Crippen LogP) is 4.03. The molecule has 0 bridgehead atoms. The van der Waals surface area contributed by atoms with Crippen LogP contribution >= 0.6 is 11.6 Å². The average Bonchev–Trinajstić information content (AvgIpc) is 2.85. The minimum atomic E-state index is -0.274. The molecule has 0 aliphatic rings. The molecule has 0 aliphatic heterocycles. The molecule has 172 valence electrons. The molecule has 0 fully saturated rings. The summed E-state index contributed by atoms with van der Waals surface area (Å²) >= 11 is 5.85. The Morgan fingerprint density at radius 2 is 1.67 bits per heavy atom. The quantitative estimate of drug-likeness (QED) is 0.330. The van der Waals surface area contributed by atoms with Gasteiger partial charge in [-0.15, -0.1) is 0 Å². The van der Waals surface area contributed by atoms with Crippen LogP contribution in [0.1, 0.15) is 33.7 Å². The number of rotatable bonds is 11. The van der Waals surface area contributed by atoms with Gasteiger partial charge in [-0.05, 0) is 42.5 Å². The number of ether oxygens (including phenoxy) is 3. The second kappa shape index (κ2) is 11.4. The summed E-state index contributed by atoms with van der Waals surface area (Å²) < 4.78 is 16.0. The van der Waals surface area contributed by atoms with Crippen LogP contribution in [0, 0.1) is 0 Å². The van der Waals surface area contributed by atoms with Crippen molar-refractivity contribution in [2.75, 3.05) is 27.4 Å². The Morgan fingerprint density at radius 1 is 0.939 bits per heavy atom. The molecule has 1 aromatic carbocycles. The number of carbonyl (C=O) groups excluding carboxylic acids is 2. The van der Waals surface area contributed by atoms with Crippen molar-refractivity contribution in [3.8, 4) is 28.5 Å². The summed E-state index contributed by atoms with van der Waals surface area (Å²) in [5.41, 5.74) is 1.73. The van der Waals surface area contributed by atoms with E-state index in [4.69, 9.17) is 30.9 Å². The van der Waals surface area contributed by atoms with Crippen LogP contribution in [0.3, 0.4) is 0 Å². The first-order chi connectivity index (χ1) is 16.0. The first-order valence-corrected chi connectivity index (χ1v) is 10.5. The molecule has 0 saturated heterocycles. The van der Waals surface area contributed by atoms with Crippen LogP contribution < -0.4 is 14.2 Å². The van der Waals surface area contributed by atoms with Gasteiger partial charge in [-0.25, -0.2) is 9.97 Å². The van der Waals surface area contributed by atoms with Crippen LogP contribution in [0.25, 0.3) is 11.3 Å². The standard InChI is InChI=1S/C24H23ClN2O6/c1-31-21-9-5-17(27-24(21)16-4-10-23(25)26-14-16)19(30)7-6-18(29)15-3-8-20(33-12-11-28)22(13-15)32-2/h3-5,8-10,13-14,28H,6-7,11-12H2,1-2H3. The van der Waals surface area contributed by atoms with Crippen molar-refractivity contribution in [3.63, 3.8) is 0 Å². The maximum atomic E-state index is 12.8. The highest BCUT2D eigenvalue weighted by Gasteiger charge is 2.17. The fourth-order valence-corrected chi connectivity index (χ4v) is 3.22. The zero-order valence-corrected chi connectivity index (χ0v) is 19.0. The number of halogens is 1. The Kier molecular flexibility index (Phi) is 8.34. The third kappa shape index (κ3) is 6.06. The van der Waals surface area contributed by atoms with Gasteiger partial charge in [-0.2, -0.15) is 0 Å². The monoisotopic (exact) mass is 470 g/mol. The number of aliphatic hydroxyl groups excluding tert-OH is 1. The maximum Gasteiger partial charge on any atom is 0.181 e. The van der Waals surface area contributed by atoms with E-state index < -0.39 is 0 Å². The summed E-state index contributed by atoms with van der Waals surface area (Å²) in [6.45, 7) is -0.0251. The fraction of sp³-hybridized carbons (Fsp3) is 0.250. The zero-order valence-electron chi connectivity index (χ0n) is 18.2. The van der Waals surface area contributed by atoms with E-state index in [2.05, 4.69) is 9.97 Å². The van der Waals surface area contributed by atoms with Crippen molar-refractivity contribution in [1.82, 2.24) is 9.97 Å². The van der Waals surface area contributed by atoms with Crippen LogP contribution in [-0.2, 0) is 0 Å². The number of benzene rings is 1. The third-order valence-corrected chi connectivity index (χ3v) is 5.00. The summed E-state index contributed by atoms with van der Waals surface area (Å²) in [6, 6.07) is 11.3. The summed E-state index contributed by atoms with van der Waals surface area (Å²) in [7, 11) is 2.97. The lowest BCUT2D eigenvalue weighted by Gasteiger charge is -2.11. The topological polar surface area (TPSA) is 108 Å². The second-order valence-electron chi connectivity index (χ2n) is 6.90. The highest BCUT2D eigenvalue weighted by Crippen LogP contribution is 2.30. The Bertz CT molecular complexity index is 1130. The van der Waals surface area contributed by atoms with Gasteiger partial charge >= 0.3 is 0 Å². The lowest BCUT2D eigenvalue weighted by Crippen LogP contribution is -2.08. The van der Waals surface area contributed by atoms with Crippen LogP contribution in [-0.4, -0.2) is 54.1 Å². The molecule has 0 aliphatic carbocycles. The van der Waals surface area contributed by atoms with Crippen LogP contribution in [0.15, 0.2) is 48.7 Å². The minimum Gasteiger partial charge on any atom is -0.494 e. The van der Waals surface area contributed by atoms with Crippen LogP contribution in [0.5, 0.6) is 17.2 Å². The van der Waals surface area contributed by atoms with Crippen LogP contribution in [0.4, 0.5) is 0 Å². The number of aliphatic hydroxyl groups is 1. The Labute approximate surface area is 196 Å². The number of methoxy groups -OCH3 is 2. The molecule has 2 aromatic heterocycles. The van der Waals surface area contributed by atoms with Crippen molar-refractivity contribution >= 4 is 23.2 Å². The molecule has 0 atom stereocenters. The van der Waals surface area contributed by atoms with E-state index in [-0.39, 0.29) is 43.3 Å². The number of carbonyl (C=O) groups is 2. The molecule has 3 rings (SSSR count).